The molecule has 2 aromatic heterocycles. The van der Waals surface area contributed by atoms with Crippen molar-refractivity contribution in [2.24, 2.45) is 0 Å². The molecule has 2 N–H and O–H groups in total. The van der Waals surface area contributed by atoms with Crippen LogP contribution in [-0.4, -0.2) is 16.1 Å². The van der Waals surface area contributed by atoms with Gasteiger partial charge < -0.3 is 14.5 Å². The van der Waals surface area contributed by atoms with Crippen LogP contribution in [0.5, 0.6) is 0 Å². The van der Waals surface area contributed by atoms with Gasteiger partial charge >= 0.3 is 5.97 Å². The molecule has 0 radical (unpaired) electrons. The molecule has 2 rings (SSSR count). The highest BCUT2D eigenvalue weighted by Gasteiger charge is 2.11. The van der Waals surface area contributed by atoms with E-state index in [0.717, 1.165) is 11.1 Å². The number of hydrogen-bond acceptors (Lipinski definition) is 2. The van der Waals surface area contributed by atoms with Crippen LogP contribution in [0.4, 0.5) is 0 Å². The quantitative estimate of drug-likeness (QED) is 0.766. The van der Waals surface area contributed by atoms with Crippen molar-refractivity contribution in [1.82, 2.24) is 4.98 Å². The van der Waals surface area contributed by atoms with Crippen LogP contribution in [0, 0.1) is 0 Å². The first-order valence-corrected chi connectivity index (χ1v) is 4.18. The van der Waals surface area contributed by atoms with Crippen LogP contribution >= 0.6 is 0 Å². The van der Waals surface area contributed by atoms with Crippen molar-refractivity contribution in [3.8, 4) is 0 Å². The molecule has 0 aliphatic rings. The number of carboxylic acids is 1. The number of aromatic nitrogens is 1. The van der Waals surface area contributed by atoms with E-state index in [9.17, 15) is 4.79 Å². The lowest BCUT2D eigenvalue weighted by molar-refractivity contribution is 0.0691. The SMILES string of the molecule is C/C=C/c1coc2cc(C(=O)O)[nH]c12. The topological polar surface area (TPSA) is 66.2 Å². The Hall–Kier alpha value is -1.97. The van der Waals surface area contributed by atoms with E-state index >= 15 is 0 Å². The second-order valence-corrected chi connectivity index (χ2v) is 2.92. The molecule has 0 saturated heterocycles. The molecule has 4 nitrogen and oxygen atoms in total. The first kappa shape index (κ1) is 8.62. The zero-order chi connectivity index (χ0) is 10.1. The van der Waals surface area contributed by atoms with Crippen LogP contribution in [-0.2, 0) is 0 Å². The smallest absolute Gasteiger partial charge is 0.352 e. The van der Waals surface area contributed by atoms with Crippen LogP contribution in [0.3, 0.4) is 0 Å². The number of aromatic carboxylic acids is 1. The van der Waals surface area contributed by atoms with Crippen molar-refractivity contribution < 1.29 is 14.3 Å². The van der Waals surface area contributed by atoms with E-state index in [-0.39, 0.29) is 5.69 Å². The van der Waals surface area contributed by atoms with Crippen molar-refractivity contribution in [2.45, 2.75) is 6.92 Å². The number of fused-ring (bicyclic) bond motifs is 1. The van der Waals surface area contributed by atoms with Gasteiger partial charge in [-0.1, -0.05) is 12.2 Å². The standard InChI is InChI=1S/C10H9NO3/c1-2-3-6-5-14-8-4-7(10(12)13)11-9(6)8/h2-5,11H,1H3,(H,12,13)/b3-2+. The zero-order valence-electron chi connectivity index (χ0n) is 7.57. The van der Waals surface area contributed by atoms with E-state index < -0.39 is 5.97 Å². The average molecular weight is 191 g/mol. The molecular formula is C10H9NO3. The molecule has 0 saturated carbocycles. The van der Waals surface area contributed by atoms with E-state index in [0.29, 0.717) is 5.58 Å². The monoisotopic (exact) mass is 191 g/mol. The Morgan fingerprint density at radius 3 is 3.07 bits per heavy atom. The van der Waals surface area contributed by atoms with Crippen molar-refractivity contribution in [2.75, 3.05) is 0 Å². The molecule has 0 aromatic carbocycles. The normalized spacial score (nSPS) is 11.5. The fourth-order valence-corrected chi connectivity index (χ4v) is 1.35. The van der Waals surface area contributed by atoms with Gasteiger partial charge in [-0.2, -0.15) is 0 Å². The maximum Gasteiger partial charge on any atom is 0.352 e. The van der Waals surface area contributed by atoms with Crippen molar-refractivity contribution in [1.29, 1.82) is 0 Å². The maximum atomic E-state index is 10.6. The van der Waals surface area contributed by atoms with E-state index in [1.165, 1.54) is 6.07 Å². The first-order chi connectivity index (χ1) is 6.72. The summed E-state index contributed by atoms with van der Waals surface area (Å²) in [5, 5.41) is 8.73. The minimum absolute atomic E-state index is 0.144. The molecule has 72 valence electrons. The molecule has 2 heterocycles. The van der Waals surface area contributed by atoms with Crippen molar-refractivity contribution in [3.05, 3.63) is 29.7 Å². The second kappa shape index (κ2) is 3.06. The lowest BCUT2D eigenvalue weighted by atomic mass is 10.3. The number of carboxylic acid groups (broad SMARTS) is 1. The Balaban J connectivity index is 2.61. The van der Waals surface area contributed by atoms with Crippen LogP contribution < -0.4 is 0 Å². The minimum atomic E-state index is -0.983. The van der Waals surface area contributed by atoms with Gasteiger partial charge in [0.25, 0.3) is 0 Å². The van der Waals surface area contributed by atoms with Gasteiger partial charge in [-0.15, -0.1) is 0 Å². The number of carbonyl (C=O) groups is 1. The van der Waals surface area contributed by atoms with Crippen molar-refractivity contribution in [3.63, 3.8) is 0 Å². The van der Waals surface area contributed by atoms with E-state index in [1.807, 2.05) is 19.1 Å². The Bertz CT molecular complexity index is 504. The van der Waals surface area contributed by atoms with Gasteiger partial charge in [-0.25, -0.2) is 4.79 Å². The Kier molecular flexibility index (Phi) is 1.89. The number of allylic oxidation sites excluding steroid dienone is 1. The van der Waals surface area contributed by atoms with Crippen molar-refractivity contribution >= 4 is 23.1 Å². The number of H-pyrrole nitrogens is 1. The Labute approximate surface area is 79.8 Å². The van der Waals surface area contributed by atoms with Gasteiger partial charge in [0.05, 0.1) is 5.52 Å². The molecule has 0 aliphatic heterocycles. The van der Waals surface area contributed by atoms with Gasteiger partial charge in [0.2, 0.25) is 0 Å². The number of rotatable bonds is 2. The molecular weight excluding hydrogens is 182 g/mol. The molecule has 2 aromatic rings. The second-order valence-electron chi connectivity index (χ2n) is 2.92. The predicted octanol–water partition coefficient (Wildman–Crippen LogP) is 2.49. The molecule has 0 amide bonds. The summed E-state index contributed by atoms with van der Waals surface area (Å²) in [7, 11) is 0. The fourth-order valence-electron chi connectivity index (χ4n) is 1.35. The molecule has 0 bridgehead atoms. The summed E-state index contributed by atoms with van der Waals surface area (Å²) in [6, 6.07) is 1.48. The van der Waals surface area contributed by atoms with E-state index in [4.69, 9.17) is 9.52 Å². The first-order valence-electron chi connectivity index (χ1n) is 4.18. The summed E-state index contributed by atoms with van der Waals surface area (Å²) in [4.78, 5) is 13.4. The number of hydrogen-bond donors (Lipinski definition) is 2. The van der Waals surface area contributed by atoms with Crippen LogP contribution in [0.1, 0.15) is 23.0 Å². The third kappa shape index (κ3) is 1.21. The lowest BCUT2D eigenvalue weighted by Gasteiger charge is -1.86. The molecule has 0 atom stereocenters. The highest BCUT2D eigenvalue weighted by molar-refractivity contribution is 5.94. The van der Waals surface area contributed by atoms with E-state index in [1.54, 1.807) is 6.26 Å². The zero-order valence-corrected chi connectivity index (χ0v) is 7.57. The summed E-state index contributed by atoms with van der Waals surface area (Å²) < 4.78 is 5.19. The Morgan fingerprint density at radius 2 is 2.43 bits per heavy atom. The van der Waals surface area contributed by atoms with Gasteiger partial charge in [0.15, 0.2) is 5.58 Å². The maximum absolute atomic E-state index is 10.6. The molecule has 0 spiro atoms. The summed E-state index contributed by atoms with van der Waals surface area (Å²) in [6.07, 6.45) is 5.31. The third-order valence-electron chi connectivity index (χ3n) is 1.96. The van der Waals surface area contributed by atoms with Gasteiger partial charge in [0, 0.05) is 11.6 Å². The lowest BCUT2D eigenvalue weighted by Crippen LogP contribution is -1.95. The predicted molar refractivity (Wildman–Crippen MR) is 52.2 cm³/mol. The summed E-state index contributed by atoms with van der Waals surface area (Å²) in [5.74, 6) is -0.983. The van der Waals surface area contributed by atoms with Crippen LogP contribution in [0.15, 0.2) is 22.8 Å². The highest BCUT2D eigenvalue weighted by atomic mass is 16.4. The molecule has 0 unspecified atom stereocenters. The number of aromatic amines is 1. The summed E-state index contributed by atoms with van der Waals surface area (Å²) >= 11 is 0. The third-order valence-corrected chi connectivity index (χ3v) is 1.96. The van der Waals surface area contributed by atoms with Crippen LogP contribution in [0.25, 0.3) is 17.2 Å². The number of nitrogens with one attached hydrogen (secondary N) is 1. The van der Waals surface area contributed by atoms with E-state index in [2.05, 4.69) is 4.98 Å². The van der Waals surface area contributed by atoms with Gasteiger partial charge in [0.1, 0.15) is 12.0 Å². The highest BCUT2D eigenvalue weighted by Crippen LogP contribution is 2.22. The Morgan fingerprint density at radius 1 is 1.64 bits per heavy atom. The fraction of sp³-hybridized carbons (Fsp3) is 0.100. The average Bonchev–Trinajstić information content (AvgIpc) is 2.67. The minimum Gasteiger partial charge on any atom is -0.477 e. The van der Waals surface area contributed by atoms with Crippen LogP contribution in [0.2, 0.25) is 0 Å². The summed E-state index contributed by atoms with van der Waals surface area (Å²) in [6.45, 7) is 1.89. The van der Waals surface area contributed by atoms with Gasteiger partial charge in [-0.05, 0) is 6.92 Å². The summed E-state index contributed by atoms with van der Waals surface area (Å²) in [5.41, 5.74) is 2.29. The molecule has 0 fully saturated rings. The molecule has 0 aliphatic carbocycles. The molecule has 4 heteroatoms. The van der Waals surface area contributed by atoms with Gasteiger partial charge in [-0.3, -0.25) is 0 Å². The molecule has 14 heavy (non-hydrogen) atoms. The largest absolute Gasteiger partial charge is 0.477 e. The number of furan rings is 1.